The van der Waals surface area contributed by atoms with Gasteiger partial charge in [-0.15, -0.1) is 0 Å². The van der Waals surface area contributed by atoms with Crippen molar-refractivity contribution < 1.29 is 13.2 Å². The molecule has 2 aromatic carbocycles. The number of carbonyl (C=O) groups excluding carboxylic acids is 1. The van der Waals surface area contributed by atoms with E-state index in [-0.39, 0.29) is 17.8 Å². The predicted octanol–water partition coefficient (Wildman–Crippen LogP) is 3.89. The standard InChI is InChI=1S/C19H25N3O3S/c1-4-15-6-8-16(9-7-15)14(3)20-19(23)21-17-10-12-18(13-11-17)22-26(24,25)5-2/h6-14,22H,4-5H2,1-3H3,(H2,20,21,23). The Hall–Kier alpha value is -2.54. The molecule has 26 heavy (non-hydrogen) atoms. The molecule has 1 atom stereocenters. The van der Waals surface area contributed by atoms with Crippen molar-refractivity contribution in [2.24, 2.45) is 0 Å². The highest BCUT2D eigenvalue weighted by atomic mass is 32.2. The first-order chi connectivity index (χ1) is 12.3. The first-order valence-electron chi connectivity index (χ1n) is 8.60. The number of nitrogens with one attached hydrogen (secondary N) is 3. The fraction of sp³-hybridized carbons (Fsp3) is 0.316. The van der Waals surface area contributed by atoms with E-state index in [2.05, 4.69) is 34.4 Å². The normalized spacial score (nSPS) is 12.3. The van der Waals surface area contributed by atoms with E-state index in [1.165, 1.54) is 5.56 Å². The van der Waals surface area contributed by atoms with Crippen molar-refractivity contribution in [3.8, 4) is 0 Å². The van der Waals surface area contributed by atoms with Gasteiger partial charge < -0.3 is 10.6 Å². The maximum Gasteiger partial charge on any atom is 0.319 e. The van der Waals surface area contributed by atoms with Crippen LogP contribution in [0.5, 0.6) is 0 Å². The third kappa shape index (κ3) is 5.77. The maximum absolute atomic E-state index is 12.1. The fourth-order valence-corrected chi connectivity index (χ4v) is 3.00. The highest BCUT2D eigenvalue weighted by Crippen LogP contribution is 2.16. The van der Waals surface area contributed by atoms with Gasteiger partial charge in [0, 0.05) is 11.4 Å². The van der Waals surface area contributed by atoms with E-state index >= 15 is 0 Å². The largest absolute Gasteiger partial charge is 0.331 e. The van der Waals surface area contributed by atoms with Gasteiger partial charge in [-0.2, -0.15) is 0 Å². The molecule has 0 heterocycles. The lowest BCUT2D eigenvalue weighted by atomic mass is 10.1. The van der Waals surface area contributed by atoms with Gasteiger partial charge in [0.05, 0.1) is 11.8 Å². The minimum absolute atomic E-state index is 0.00648. The molecule has 2 rings (SSSR count). The van der Waals surface area contributed by atoms with Crippen molar-refractivity contribution in [3.05, 3.63) is 59.7 Å². The predicted molar refractivity (Wildman–Crippen MR) is 106 cm³/mol. The van der Waals surface area contributed by atoms with Gasteiger partial charge in [-0.25, -0.2) is 13.2 Å². The van der Waals surface area contributed by atoms with Gasteiger partial charge >= 0.3 is 6.03 Å². The summed E-state index contributed by atoms with van der Waals surface area (Å²) in [6.07, 6.45) is 0.979. The van der Waals surface area contributed by atoms with Crippen molar-refractivity contribution in [2.75, 3.05) is 15.8 Å². The minimum atomic E-state index is -3.31. The van der Waals surface area contributed by atoms with Crippen LogP contribution in [0.15, 0.2) is 48.5 Å². The van der Waals surface area contributed by atoms with Crippen molar-refractivity contribution in [1.82, 2.24) is 5.32 Å². The molecule has 0 bridgehead atoms. The van der Waals surface area contributed by atoms with E-state index in [0.29, 0.717) is 11.4 Å². The van der Waals surface area contributed by atoms with Crippen molar-refractivity contribution in [1.29, 1.82) is 0 Å². The fourth-order valence-electron chi connectivity index (χ4n) is 2.36. The number of aryl methyl sites for hydroxylation is 1. The molecule has 0 spiro atoms. The van der Waals surface area contributed by atoms with Gasteiger partial charge in [0.2, 0.25) is 10.0 Å². The Morgan fingerprint density at radius 3 is 2.08 bits per heavy atom. The molecule has 0 aliphatic heterocycles. The second kappa shape index (κ2) is 8.71. The zero-order valence-electron chi connectivity index (χ0n) is 15.2. The van der Waals surface area contributed by atoms with E-state index in [0.717, 1.165) is 12.0 Å². The Bertz CT molecular complexity index is 831. The van der Waals surface area contributed by atoms with Gasteiger partial charge in [-0.3, -0.25) is 4.72 Å². The lowest BCUT2D eigenvalue weighted by Crippen LogP contribution is -2.31. The molecule has 1 unspecified atom stereocenters. The summed E-state index contributed by atoms with van der Waals surface area (Å²) in [5.74, 6) is 0.00648. The summed E-state index contributed by atoms with van der Waals surface area (Å²) in [6.45, 7) is 5.59. The maximum atomic E-state index is 12.1. The molecule has 6 nitrogen and oxygen atoms in total. The smallest absolute Gasteiger partial charge is 0.319 e. The Balaban J connectivity index is 1.92. The molecule has 0 saturated carbocycles. The molecule has 0 aliphatic carbocycles. The van der Waals surface area contributed by atoms with Crippen LogP contribution in [0.3, 0.4) is 0 Å². The van der Waals surface area contributed by atoms with E-state index < -0.39 is 10.0 Å². The van der Waals surface area contributed by atoms with E-state index in [9.17, 15) is 13.2 Å². The van der Waals surface area contributed by atoms with Gasteiger partial charge in [0.15, 0.2) is 0 Å². The van der Waals surface area contributed by atoms with Crippen molar-refractivity contribution in [2.45, 2.75) is 33.2 Å². The summed E-state index contributed by atoms with van der Waals surface area (Å²) in [5.41, 5.74) is 3.32. The van der Waals surface area contributed by atoms with Gasteiger partial charge in [-0.05, 0) is 55.7 Å². The van der Waals surface area contributed by atoms with Gasteiger partial charge in [0.1, 0.15) is 0 Å². The van der Waals surface area contributed by atoms with E-state index in [4.69, 9.17) is 0 Å². The van der Waals surface area contributed by atoms with E-state index in [1.807, 2.05) is 19.1 Å². The van der Waals surface area contributed by atoms with Crippen LogP contribution in [0.2, 0.25) is 0 Å². The lowest BCUT2D eigenvalue weighted by Gasteiger charge is -2.16. The molecule has 0 fully saturated rings. The monoisotopic (exact) mass is 375 g/mol. The number of rotatable bonds is 7. The number of benzene rings is 2. The van der Waals surface area contributed by atoms with Crippen molar-refractivity contribution >= 4 is 27.4 Å². The van der Waals surface area contributed by atoms with Crippen LogP contribution in [-0.4, -0.2) is 20.2 Å². The molecule has 140 valence electrons. The molecular weight excluding hydrogens is 350 g/mol. The summed E-state index contributed by atoms with van der Waals surface area (Å²) in [7, 11) is -3.31. The summed E-state index contributed by atoms with van der Waals surface area (Å²) in [4.78, 5) is 12.1. The molecule has 2 aromatic rings. The minimum Gasteiger partial charge on any atom is -0.331 e. The first kappa shape index (κ1) is 19.8. The zero-order valence-corrected chi connectivity index (χ0v) is 16.1. The SMILES string of the molecule is CCc1ccc(C(C)NC(=O)Nc2ccc(NS(=O)(=O)CC)cc2)cc1. The average Bonchev–Trinajstić information content (AvgIpc) is 2.63. The summed E-state index contributed by atoms with van der Waals surface area (Å²) in [6, 6.07) is 14.2. The molecule has 3 N–H and O–H groups in total. The van der Waals surface area contributed by atoms with Crippen LogP contribution in [0.25, 0.3) is 0 Å². The van der Waals surface area contributed by atoms with E-state index in [1.54, 1.807) is 31.2 Å². The number of urea groups is 1. The van der Waals surface area contributed by atoms with Crippen LogP contribution < -0.4 is 15.4 Å². The van der Waals surface area contributed by atoms with Gasteiger partial charge in [0.25, 0.3) is 0 Å². The van der Waals surface area contributed by atoms with Crippen LogP contribution in [0.4, 0.5) is 16.2 Å². The van der Waals surface area contributed by atoms with Crippen LogP contribution in [0, 0.1) is 0 Å². The number of hydrogen-bond acceptors (Lipinski definition) is 3. The molecule has 0 radical (unpaired) electrons. The topological polar surface area (TPSA) is 87.3 Å². The molecule has 0 aliphatic rings. The lowest BCUT2D eigenvalue weighted by molar-refractivity contribution is 0.249. The molecular formula is C19H25N3O3S. The van der Waals surface area contributed by atoms with Crippen LogP contribution in [-0.2, 0) is 16.4 Å². The van der Waals surface area contributed by atoms with Crippen LogP contribution >= 0.6 is 0 Å². The molecule has 2 amide bonds. The summed E-state index contributed by atoms with van der Waals surface area (Å²) >= 11 is 0. The highest BCUT2D eigenvalue weighted by molar-refractivity contribution is 7.92. The van der Waals surface area contributed by atoms with Crippen LogP contribution in [0.1, 0.15) is 37.9 Å². The molecule has 7 heteroatoms. The summed E-state index contributed by atoms with van der Waals surface area (Å²) < 4.78 is 25.5. The number of carbonyl (C=O) groups is 1. The highest BCUT2D eigenvalue weighted by Gasteiger charge is 2.10. The second-order valence-corrected chi connectivity index (χ2v) is 8.01. The Labute approximate surface area is 155 Å². The summed E-state index contributed by atoms with van der Waals surface area (Å²) in [5, 5.41) is 5.62. The number of anilines is 2. The Morgan fingerprint density at radius 1 is 0.962 bits per heavy atom. The Kier molecular flexibility index (Phi) is 6.63. The average molecular weight is 375 g/mol. The van der Waals surface area contributed by atoms with Gasteiger partial charge in [-0.1, -0.05) is 31.2 Å². The third-order valence-corrected chi connectivity index (χ3v) is 5.34. The third-order valence-electron chi connectivity index (χ3n) is 4.03. The molecule has 0 aromatic heterocycles. The second-order valence-electron chi connectivity index (χ2n) is 6.00. The number of sulfonamides is 1. The number of amides is 2. The Morgan fingerprint density at radius 2 is 1.54 bits per heavy atom. The quantitative estimate of drug-likeness (QED) is 0.686. The molecule has 0 saturated heterocycles. The van der Waals surface area contributed by atoms with Crippen molar-refractivity contribution in [3.63, 3.8) is 0 Å². The zero-order chi connectivity index (χ0) is 19.2. The number of hydrogen-bond donors (Lipinski definition) is 3. The first-order valence-corrected chi connectivity index (χ1v) is 10.2.